The molecule has 5 aliphatic rings. The molecule has 188 valence electrons. The van der Waals surface area contributed by atoms with Crippen LogP contribution in [0.25, 0.3) is 0 Å². The van der Waals surface area contributed by atoms with Gasteiger partial charge < -0.3 is 10.2 Å². The number of carbonyl (C=O) groups is 1. The minimum Gasteiger partial charge on any atom is -0.396 e. The molecule has 0 heterocycles. The smallest absolute Gasteiger partial charge is 0.138 e. The molecule has 2 N–H and O–H groups in total. The first-order chi connectivity index (χ1) is 15.2. The maximum absolute atomic E-state index is 12.8. The van der Waals surface area contributed by atoms with E-state index in [1.165, 1.54) is 32.1 Å². The van der Waals surface area contributed by atoms with E-state index in [1.807, 2.05) is 0 Å². The van der Waals surface area contributed by atoms with E-state index >= 15 is 0 Å². The summed E-state index contributed by atoms with van der Waals surface area (Å²) in [5, 5.41) is 22.6. The van der Waals surface area contributed by atoms with Crippen LogP contribution in [-0.4, -0.2) is 28.7 Å². The molecule has 0 aromatic carbocycles. The molecule has 5 fully saturated rings. The van der Waals surface area contributed by atoms with Gasteiger partial charge in [0.1, 0.15) is 5.78 Å². The van der Waals surface area contributed by atoms with E-state index in [-0.39, 0.29) is 52.3 Å². The summed E-state index contributed by atoms with van der Waals surface area (Å²) in [4.78, 5) is 12.8. The number of hydrogen-bond acceptors (Lipinski definition) is 3. The molecule has 0 bridgehead atoms. The van der Waals surface area contributed by atoms with Gasteiger partial charge in [0.2, 0.25) is 0 Å². The first-order valence-electron chi connectivity index (χ1n) is 14.0. The van der Waals surface area contributed by atoms with Crippen LogP contribution in [-0.2, 0) is 4.79 Å². The molecule has 10 unspecified atom stereocenters. The average Bonchev–Trinajstić information content (AvgIpc) is 2.74. The average molecular weight is 459 g/mol. The van der Waals surface area contributed by atoms with Crippen molar-refractivity contribution in [1.82, 2.24) is 0 Å². The number of carbonyl (C=O) groups excluding carboxylic acids is 1. The molecule has 10 atom stereocenters. The molecular formula is C30H50O3. The monoisotopic (exact) mass is 458 g/mol. The first-order valence-corrected chi connectivity index (χ1v) is 14.0. The summed E-state index contributed by atoms with van der Waals surface area (Å²) in [5.74, 6) is 1.38. The molecule has 0 saturated heterocycles. The zero-order valence-electron chi connectivity index (χ0n) is 22.5. The van der Waals surface area contributed by atoms with E-state index in [9.17, 15) is 15.0 Å². The third-order valence-corrected chi connectivity index (χ3v) is 13.7. The lowest BCUT2D eigenvalue weighted by Crippen LogP contribution is -2.71. The van der Waals surface area contributed by atoms with Gasteiger partial charge in [-0.1, -0.05) is 48.5 Å². The van der Waals surface area contributed by atoms with E-state index in [0.717, 1.165) is 31.6 Å². The fourth-order valence-corrected chi connectivity index (χ4v) is 11.3. The van der Waals surface area contributed by atoms with Crippen LogP contribution in [0.4, 0.5) is 0 Å². The van der Waals surface area contributed by atoms with Crippen LogP contribution in [0.3, 0.4) is 0 Å². The Morgan fingerprint density at radius 2 is 1.45 bits per heavy atom. The minimum absolute atomic E-state index is 0.0230. The van der Waals surface area contributed by atoms with Crippen molar-refractivity contribution in [2.45, 2.75) is 119 Å². The van der Waals surface area contributed by atoms with Gasteiger partial charge >= 0.3 is 0 Å². The van der Waals surface area contributed by atoms with Crippen molar-refractivity contribution in [3.8, 4) is 0 Å². The van der Waals surface area contributed by atoms with Gasteiger partial charge in [-0.2, -0.15) is 0 Å². The van der Waals surface area contributed by atoms with E-state index < -0.39 is 6.10 Å². The van der Waals surface area contributed by atoms with Gasteiger partial charge in [-0.05, 0) is 103 Å². The van der Waals surface area contributed by atoms with Crippen LogP contribution < -0.4 is 0 Å². The van der Waals surface area contributed by atoms with E-state index in [2.05, 4.69) is 48.5 Å². The highest BCUT2D eigenvalue weighted by Crippen LogP contribution is 2.78. The van der Waals surface area contributed by atoms with Crippen LogP contribution in [0.2, 0.25) is 0 Å². The molecule has 5 aliphatic carbocycles. The summed E-state index contributed by atoms with van der Waals surface area (Å²) in [6.07, 6.45) is 10.5. The molecular weight excluding hydrogens is 408 g/mol. The second-order valence-corrected chi connectivity index (χ2v) is 15.3. The fraction of sp³-hybridized carbons (Fsp3) is 0.967. The Morgan fingerprint density at radius 1 is 0.848 bits per heavy atom. The Bertz CT molecular complexity index is 834. The van der Waals surface area contributed by atoms with Crippen LogP contribution in [0.1, 0.15) is 113 Å². The third kappa shape index (κ3) is 2.90. The summed E-state index contributed by atoms with van der Waals surface area (Å²) in [7, 11) is 0. The van der Waals surface area contributed by atoms with Gasteiger partial charge in [0.25, 0.3) is 0 Å². The number of rotatable bonds is 1. The Morgan fingerprint density at radius 3 is 2.12 bits per heavy atom. The van der Waals surface area contributed by atoms with E-state index in [0.29, 0.717) is 16.7 Å². The number of ketones is 1. The minimum atomic E-state index is -0.607. The zero-order valence-corrected chi connectivity index (χ0v) is 22.5. The van der Waals surface area contributed by atoms with E-state index in [1.54, 1.807) is 0 Å². The van der Waals surface area contributed by atoms with Crippen molar-refractivity contribution < 1.29 is 15.0 Å². The highest BCUT2D eigenvalue weighted by molar-refractivity contribution is 5.83. The standard InChI is InChI=1S/C30H50O3/c1-19-20(32)16-21(33)24-27(19,5)9-8-22-28(6)13-12-26(4)11-10-25(2,3)17-23(26)29(28,7)14-15-30(22,24)18-31/h19,21-24,31,33H,8-18H2,1-7H3. The van der Waals surface area contributed by atoms with Crippen molar-refractivity contribution in [3.05, 3.63) is 0 Å². The maximum atomic E-state index is 12.8. The largest absolute Gasteiger partial charge is 0.396 e. The highest BCUT2D eigenvalue weighted by atomic mass is 16.3. The molecule has 3 nitrogen and oxygen atoms in total. The van der Waals surface area contributed by atoms with Crippen molar-refractivity contribution in [2.75, 3.05) is 6.61 Å². The number of Topliss-reactive ketones (excluding diaryl/α,β-unsaturated/α-hetero) is 1. The lowest BCUT2D eigenvalue weighted by Gasteiger charge is -2.75. The van der Waals surface area contributed by atoms with Crippen LogP contribution in [0.5, 0.6) is 0 Å². The normalized spacial score (nSPS) is 58.0. The topological polar surface area (TPSA) is 57.5 Å². The fourth-order valence-electron chi connectivity index (χ4n) is 11.3. The Hall–Kier alpha value is -0.410. The zero-order chi connectivity index (χ0) is 24.2. The molecule has 3 heteroatoms. The SMILES string of the molecule is CC1C(=O)CC(O)C2C1(C)CCC1C2(CO)CCC2(C)C3CC(C)(C)CCC3(C)CCC12C. The molecule has 0 aromatic heterocycles. The summed E-state index contributed by atoms with van der Waals surface area (Å²) in [6, 6.07) is 0. The second-order valence-electron chi connectivity index (χ2n) is 15.3. The molecule has 0 amide bonds. The molecule has 0 radical (unpaired) electrons. The van der Waals surface area contributed by atoms with Gasteiger partial charge in [-0.25, -0.2) is 0 Å². The van der Waals surface area contributed by atoms with Crippen molar-refractivity contribution >= 4 is 5.78 Å². The molecule has 5 saturated carbocycles. The lowest BCUT2D eigenvalue weighted by atomic mass is 9.29. The number of hydrogen-bond donors (Lipinski definition) is 2. The predicted octanol–water partition coefficient (Wildman–Crippen LogP) is 6.40. The van der Waals surface area contributed by atoms with Gasteiger partial charge in [0.05, 0.1) is 6.10 Å². The van der Waals surface area contributed by atoms with Crippen molar-refractivity contribution in [3.63, 3.8) is 0 Å². The molecule has 33 heavy (non-hydrogen) atoms. The third-order valence-electron chi connectivity index (χ3n) is 13.7. The van der Waals surface area contributed by atoms with Crippen LogP contribution >= 0.6 is 0 Å². The Balaban J connectivity index is 1.60. The second kappa shape index (κ2) is 7.09. The van der Waals surface area contributed by atoms with Crippen LogP contribution in [0.15, 0.2) is 0 Å². The van der Waals surface area contributed by atoms with Gasteiger partial charge in [0, 0.05) is 24.4 Å². The van der Waals surface area contributed by atoms with Crippen LogP contribution in [0, 0.1) is 56.2 Å². The van der Waals surface area contributed by atoms with Gasteiger partial charge in [-0.15, -0.1) is 0 Å². The number of fused-ring (bicyclic) bond motifs is 7. The molecule has 0 aromatic rings. The lowest BCUT2D eigenvalue weighted by molar-refractivity contribution is -0.280. The quantitative estimate of drug-likeness (QED) is 0.478. The maximum Gasteiger partial charge on any atom is 0.138 e. The number of aliphatic hydroxyl groups excluding tert-OH is 2. The van der Waals surface area contributed by atoms with Gasteiger partial charge in [-0.3, -0.25) is 4.79 Å². The molecule has 5 rings (SSSR count). The number of aliphatic hydroxyl groups is 2. The van der Waals surface area contributed by atoms with Crippen molar-refractivity contribution in [2.24, 2.45) is 56.2 Å². The molecule has 0 aliphatic heterocycles. The summed E-state index contributed by atoms with van der Waals surface area (Å²) in [6.45, 7) is 17.3. The summed E-state index contributed by atoms with van der Waals surface area (Å²) < 4.78 is 0. The van der Waals surface area contributed by atoms with Crippen molar-refractivity contribution in [1.29, 1.82) is 0 Å². The Labute approximate surface area is 202 Å². The summed E-state index contributed by atoms with van der Waals surface area (Å²) >= 11 is 0. The van der Waals surface area contributed by atoms with E-state index in [4.69, 9.17) is 0 Å². The summed E-state index contributed by atoms with van der Waals surface area (Å²) in [5.41, 5.74) is 0.851. The predicted molar refractivity (Wildman–Crippen MR) is 133 cm³/mol. The highest BCUT2D eigenvalue weighted by Gasteiger charge is 2.73. The Kier molecular flexibility index (Phi) is 5.22. The molecule has 0 spiro atoms. The van der Waals surface area contributed by atoms with Gasteiger partial charge in [0.15, 0.2) is 0 Å². The first kappa shape index (κ1) is 24.3.